The van der Waals surface area contributed by atoms with Gasteiger partial charge in [-0.15, -0.1) is 0 Å². The third-order valence-corrected chi connectivity index (χ3v) is 7.75. The van der Waals surface area contributed by atoms with Crippen LogP contribution in [-0.4, -0.2) is 35.6 Å². The number of aliphatic hydroxyl groups is 2. The first-order valence-corrected chi connectivity index (χ1v) is 11.0. The lowest BCUT2D eigenvalue weighted by Crippen LogP contribution is -2.73. The van der Waals surface area contributed by atoms with Gasteiger partial charge in [-0.3, -0.25) is 0 Å². The number of benzene rings is 2. The van der Waals surface area contributed by atoms with Gasteiger partial charge in [0.1, 0.15) is 0 Å². The maximum atomic E-state index is 10.5. The van der Waals surface area contributed by atoms with Crippen LogP contribution in [0.5, 0.6) is 0 Å². The van der Waals surface area contributed by atoms with Crippen molar-refractivity contribution < 1.29 is 19.7 Å². The van der Waals surface area contributed by atoms with Gasteiger partial charge in [0, 0.05) is 42.0 Å². The Morgan fingerprint density at radius 2 is 1.00 bits per heavy atom. The molecule has 0 bridgehead atoms. The third-order valence-electron chi connectivity index (χ3n) is 6.33. The minimum absolute atomic E-state index is 0.194. The first-order valence-electron chi connectivity index (χ1n) is 9.49. The number of hydrogen-bond donors (Lipinski definition) is 2. The lowest BCUT2D eigenvalue weighted by molar-refractivity contribution is -0.296. The summed E-state index contributed by atoms with van der Waals surface area (Å²) in [5, 5.41) is 23.1. The Labute approximate surface area is 196 Å². The molecule has 1 aliphatic rings. The molecular formula is C22H24Cl4O4. The van der Waals surface area contributed by atoms with Gasteiger partial charge in [-0.1, -0.05) is 72.4 Å². The van der Waals surface area contributed by atoms with Crippen LogP contribution in [-0.2, 0) is 22.7 Å². The maximum absolute atomic E-state index is 10.5. The molecule has 2 unspecified atom stereocenters. The summed E-state index contributed by atoms with van der Waals surface area (Å²) in [5.74, 6) is 0. The van der Waals surface area contributed by atoms with E-state index in [9.17, 15) is 10.2 Å². The summed E-state index contributed by atoms with van der Waals surface area (Å²) in [5.41, 5.74) is -0.0929. The first kappa shape index (κ1) is 24.1. The van der Waals surface area contributed by atoms with Crippen LogP contribution in [0, 0.1) is 10.8 Å². The van der Waals surface area contributed by atoms with Gasteiger partial charge in [0.05, 0.1) is 38.6 Å². The van der Waals surface area contributed by atoms with Gasteiger partial charge in [0.2, 0.25) is 0 Å². The van der Waals surface area contributed by atoms with Crippen LogP contribution >= 0.6 is 46.4 Å². The van der Waals surface area contributed by atoms with Gasteiger partial charge >= 0.3 is 0 Å². The van der Waals surface area contributed by atoms with Crippen molar-refractivity contribution in [3.8, 4) is 0 Å². The van der Waals surface area contributed by atoms with Crippen LogP contribution in [0.2, 0.25) is 20.1 Å². The van der Waals surface area contributed by atoms with Crippen molar-refractivity contribution >= 4 is 46.4 Å². The van der Waals surface area contributed by atoms with E-state index in [-0.39, 0.29) is 26.4 Å². The zero-order valence-electron chi connectivity index (χ0n) is 16.7. The number of aliphatic hydroxyl groups excluding tert-OH is 2. The van der Waals surface area contributed by atoms with Crippen molar-refractivity contribution in [2.45, 2.75) is 39.3 Å². The van der Waals surface area contributed by atoms with Crippen molar-refractivity contribution in [2.75, 3.05) is 13.2 Å². The second-order valence-electron chi connectivity index (χ2n) is 8.11. The molecule has 1 saturated carbocycles. The molecule has 164 valence electrons. The van der Waals surface area contributed by atoms with E-state index in [2.05, 4.69) is 0 Å². The molecule has 8 heteroatoms. The van der Waals surface area contributed by atoms with Gasteiger partial charge in [0.15, 0.2) is 0 Å². The normalized spacial score (nSPS) is 28.4. The summed E-state index contributed by atoms with van der Waals surface area (Å²) in [6.45, 7) is 4.51. The molecule has 4 atom stereocenters. The Kier molecular flexibility index (Phi) is 7.64. The fourth-order valence-corrected chi connectivity index (χ4v) is 4.86. The lowest BCUT2D eigenvalue weighted by Gasteiger charge is -2.62. The van der Waals surface area contributed by atoms with Crippen molar-refractivity contribution in [3.05, 3.63) is 67.6 Å². The van der Waals surface area contributed by atoms with E-state index in [1.807, 2.05) is 13.8 Å². The molecule has 0 amide bonds. The smallest absolute Gasteiger partial charge is 0.0888 e. The average Bonchev–Trinajstić information content (AvgIpc) is 2.71. The molecule has 1 aliphatic carbocycles. The van der Waals surface area contributed by atoms with Crippen LogP contribution in [0.3, 0.4) is 0 Å². The minimum atomic E-state index is -0.947. The Bertz CT molecular complexity index is 795. The lowest BCUT2D eigenvalue weighted by atomic mass is 9.47. The van der Waals surface area contributed by atoms with Crippen LogP contribution in [0.1, 0.15) is 25.0 Å². The molecule has 2 aromatic rings. The van der Waals surface area contributed by atoms with E-state index in [1.54, 1.807) is 36.4 Å². The molecule has 3 rings (SSSR count). The molecule has 2 N–H and O–H groups in total. The molecule has 0 heterocycles. The highest BCUT2D eigenvalue weighted by molar-refractivity contribution is 6.36. The van der Waals surface area contributed by atoms with Crippen LogP contribution in [0.4, 0.5) is 0 Å². The fraction of sp³-hybridized carbons (Fsp3) is 0.455. The molecule has 1 fully saturated rings. The van der Waals surface area contributed by atoms with Crippen molar-refractivity contribution in [1.29, 1.82) is 0 Å². The van der Waals surface area contributed by atoms with E-state index in [4.69, 9.17) is 55.9 Å². The van der Waals surface area contributed by atoms with E-state index in [0.717, 1.165) is 0 Å². The minimum Gasteiger partial charge on any atom is -0.390 e. The Balaban J connectivity index is 1.64. The Morgan fingerprint density at radius 3 is 1.30 bits per heavy atom. The van der Waals surface area contributed by atoms with E-state index in [1.165, 1.54) is 0 Å². The summed E-state index contributed by atoms with van der Waals surface area (Å²) >= 11 is 24.8. The number of rotatable bonds is 8. The zero-order valence-corrected chi connectivity index (χ0v) is 19.7. The zero-order chi connectivity index (χ0) is 22.1. The summed E-state index contributed by atoms with van der Waals surface area (Å²) in [7, 11) is 0. The Hall–Kier alpha value is -0.560. The second kappa shape index (κ2) is 9.51. The van der Waals surface area contributed by atoms with Gasteiger partial charge in [0.25, 0.3) is 0 Å². The summed E-state index contributed by atoms with van der Waals surface area (Å²) < 4.78 is 11.7. The van der Waals surface area contributed by atoms with Gasteiger partial charge in [-0.2, -0.15) is 0 Å². The van der Waals surface area contributed by atoms with Gasteiger partial charge < -0.3 is 19.7 Å². The predicted molar refractivity (Wildman–Crippen MR) is 120 cm³/mol. The van der Waals surface area contributed by atoms with Gasteiger partial charge in [-0.25, -0.2) is 0 Å². The second-order valence-corrected chi connectivity index (χ2v) is 9.74. The number of ether oxygens (including phenoxy) is 2. The molecule has 4 nitrogen and oxygen atoms in total. The quantitative estimate of drug-likeness (QED) is 0.489. The van der Waals surface area contributed by atoms with E-state index in [0.29, 0.717) is 31.2 Å². The molecule has 0 saturated heterocycles. The maximum Gasteiger partial charge on any atom is 0.0888 e. The topological polar surface area (TPSA) is 58.9 Å². The average molecular weight is 494 g/mol. The Morgan fingerprint density at radius 1 is 0.700 bits per heavy atom. The highest BCUT2D eigenvalue weighted by Crippen LogP contribution is 2.57. The molecule has 0 aromatic heterocycles. The largest absolute Gasteiger partial charge is 0.390 e. The highest BCUT2D eigenvalue weighted by Gasteiger charge is 2.66. The van der Waals surface area contributed by atoms with Gasteiger partial charge in [-0.05, 0) is 24.3 Å². The summed E-state index contributed by atoms with van der Waals surface area (Å²) in [6, 6.07) is 10.5. The van der Waals surface area contributed by atoms with Crippen molar-refractivity contribution in [3.63, 3.8) is 0 Å². The van der Waals surface area contributed by atoms with Crippen LogP contribution < -0.4 is 0 Å². The molecule has 2 aromatic carbocycles. The summed E-state index contributed by atoms with van der Waals surface area (Å²) in [4.78, 5) is 0. The SMILES string of the molecule is C[C@]1(COCc2c(Cl)cccc2Cl)C(O)C(O)[C@@]1(C)COCc1c(Cl)cccc1Cl. The van der Waals surface area contributed by atoms with Crippen molar-refractivity contribution in [1.82, 2.24) is 0 Å². The standard InChI is InChI=1S/C22H24Cl4O4/c1-21(11-29-9-13-15(23)5-3-6-16(13)24)19(27)20(28)22(21,2)12-30-10-14-17(25)7-4-8-18(14)26/h3-8,19-20,27-28H,9-12H2,1-2H3/t19?,20?,21-,22+. The monoisotopic (exact) mass is 492 g/mol. The number of halogens is 4. The summed E-state index contributed by atoms with van der Waals surface area (Å²) in [6.07, 6.45) is -1.89. The number of hydrogen-bond acceptors (Lipinski definition) is 4. The van der Waals surface area contributed by atoms with E-state index >= 15 is 0 Å². The van der Waals surface area contributed by atoms with E-state index < -0.39 is 23.0 Å². The highest BCUT2D eigenvalue weighted by atomic mass is 35.5. The van der Waals surface area contributed by atoms with Crippen LogP contribution in [0.15, 0.2) is 36.4 Å². The third kappa shape index (κ3) is 4.35. The molecule has 30 heavy (non-hydrogen) atoms. The first-order chi connectivity index (χ1) is 14.1. The molecule has 0 spiro atoms. The molecule has 0 aliphatic heterocycles. The predicted octanol–water partition coefficient (Wildman–Crippen LogP) is 5.78. The van der Waals surface area contributed by atoms with Crippen molar-refractivity contribution in [2.24, 2.45) is 10.8 Å². The molecular weight excluding hydrogens is 470 g/mol. The fourth-order valence-electron chi connectivity index (χ4n) is 3.85. The van der Waals surface area contributed by atoms with Crippen LogP contribution in [0.25, 0.3) is 0 Å². The molecule has 0 radical (unpaired) electrons.